The van der Waals surface area contributed by atoms with Crippen LogP contribution in [-0.2, 0) is 0 Å². The molecule has 1 atom stereocenters. The number of nitrogens with two attached hydrogens (primary N) is 1. The number of nitrogens with zero attached hydrogens (tertiary/aromatic N) is 1. The average molecular weight is 195 g/mol. The third-order valence-electron chi connectivity index (χ3n) is 4.31. The lowest BCUT2D eigenvalue weighted by molar-refractivity contribution is 0.00990. The molecule has 1 unspecified atom stereocenters. The maximum absolute atomic E-state index is 6.01. The first kappa shape index (κ1) is 9.13. The standard InChI is InChI=1S/C11H21N3/c12-7-11(13-10-1-2-10)8-14-5-3-9(11)4-6-14/h9-10,13H,1-8,12H2. The monoisotopic (exact) mass is 195 g/mol. The molecule has 0 aromatic rings. The van der Waals surface area contributed by atoms with Gasteiger partial charge in [0.2, 0.25) is 0 Å². The van der Waals surface area contributed by atoms with Crippen molar-refractivity contribution in [3.8, 4) is 0 Å². The molecule has 4 rings (SSSR count). The van der Waals surface area contributed by atoms with Crippen molar-refractivity contribution in [3.63, 3.8) is 0 Å². The van der Waals surface area contributed by atoms with Gasteiger partial charge in [-0.1, -0.05) is 0 Å². The fourth-order valence-electron chi connectivity index (χ4n) is 3.26. The molecule has 4 fully saturated rings. The first-order valence-corrected chi connectivity index (χ1v) is 6.02. The Morgan fingerprint density at radius 3 is 2.36 bits per heavy atom. The molecule has 1 aliphatic carbocycles. The number of fused-ring (bicyclic) bond motifs is 3. The molecule has 0 amide bonds. The fourth-order valence-corrected chi connectivity index (χ4v) is 3.26. The maximum atomic E-state index is 6.01. The molecular weight excluding hydrogens is 174 g/mol. The van der Waals surface area contributed by atoms with Gasteiger partial charge in [0, 0.05) is 24.7 Å². The molecule has 1 saturated carbocycles. The van der Waals surface area contributed by atoms with Crippen molar-refractivity contribution in [2.75, 3.05) is 26.2 Å². The second-order valence-corrected chi connectivity index (χ2v) is 5.33. The molecule has 3 saturated heterocycles. The summed E-state index contributed by atoms with van der Waals surface area (Å²) >= 11 is 0. The highest BCUT2D eigenvalue weighted by Gasteiger charge is 2.47. The predicted molar refractivity (Wildman–Crippen MR) is 57.1 cm³/mol. The third kappa shape index (κ3) is 1.38. The van der Waals surface area contributed by atoms with Gasteiger partial charge in [-0.05, 0) is 44.7 Å². The summed E-state index contributed by atoms with van der Waals surface area (Å²) < 4.78 is 0. The van der Waals surface area contributed by atoms with Crippen molar-refractivity contribution in [1.29, 1.82) is 0 Å². The largest absolute Gasteiger partial charge is 0.329 e. The van der Waals surface area contributed by atoms with Crippen molar-refractivity contribution < 1.29 is 0 Å². The maximum Gasteiger partial charge on any atom is 0.0464 e. The minimum Gasteiger partial charge on any atom is -0.329 e. The van der Waals surface area contributed by atoms with Crippen LogP contribution in [0.4, 0.5) is 0 Å². The van der Waals surface area contributed by atoms with Crippen molar-refractivity contribution >= 4 is 0 Å². The Kier molecular flexibility index (Phi) is 2.08. The molecule has 3 heteroatoms. The van der Waals surface area contributed by atoms with Gasteiger partial charge in [-0.25, -0.2) is 0 Å². The van der Waals surface area contributed by atoms with Crippen molar-refractivity contribution in [2.45, 2.75) is 37.3 Å². The van der Waals surface area contributed by atoms with E-state index in [4.69, 9.17) is 5.73 Å². The van der Waals surface area contributed by atoms with Gasteiger partial charge in [-0.15, -0.1) is 0 Å². The molecule has 2 bridgehead atoms. The zero-order valence-electron chi connectivity index (χ0n) is 8.84. The Morgan fingerprint density at radius 2 is 1.93 bits per heavy atom. The molecule has 0 spiro atoms. The van der Waals surface area contributed by atoms with Crippen molar-refractivity contribution in [2.24, 2.45) is 11.7 Å². The van der Waals surface area contributed by atoms with Crippen LogP contribution in [0, 0.1) is 5.92 Å². The quantitative estimate of drug-likeness (QED) is 0.674. The molecule has 0 aromatic heterocycles. The van der Waals surface area contributed by atoms with E-state index >= 15 is 0 Å². The summed E-state index contributed by atoms with van der Waals surface area (Å²) in [7, 11) is 0. The van der Waals surface area contributed by atoms with Gasteiger partial charge in [0.1, 0.15) is 0 Å². The van der Waals surface area contributed by atoms with Gasteiger partial charge in [0.05, 0.1) is 0 Å². The molecule has 3 heterocycles. The number of hydrogen-bond donors (Lipinski definition) is 2. The van der Waals surface area contributed by atoms with Crippen LogP contribution in [0.1, 0.15) is 25.7 Å². The lowest BCUT2D eigenvalue weighted by Crippen LogP contribution is -2.69. The fraction of sp³-hybridized carbons (Fsp3) is 1.00. The SMILES string of the molecule is NCC1(NC2CC2)CN2CCC1CC2. The molecule has 3 N–H and O–H groups in total. The summed E-state index contributed by atoms with van der Waals surface area (Å²) in [5, 5.41) is 3.82. The van der Waals surface area contributed by atoms with E-state index in [9.17, 15) is 0 Å². The molecular formula is C11H21N3. The van der Waals surface area contributed by atoms with Crippen LogP contribution >= 0.6 is 0 Å². The highest BCUT2D eigenvalue weighted by molar-refractivity contribution is 5.07. The van der Waals surface area contributed by atoms with Crippen LogP contribution < -0.4 is 11.1 Å². The molecule has 0 radical (unpaired) electrons. The van der Waals surface area contributed by atoms with E-state index < -0.39 is 0 Å². The van der Waals surface area contributed by atoms with Crippen LogP contribution in [-0.4, -0.2) is 42.7 Å². The first-order chi connectivity index (χ1) is 6.82. The van der Waals surface area contributed by atoms with Crippen molar-refractivity contribution in [1.82, 2.24) is 10.2 Å². The van der Waals surface area contributed by atoms with Crippen LogP contribution in [0.5, 0.6) is 0 Å². The van der Waals surface area contributed by atoms with Crippen LogP contribution in [0.15, 0.2) is 0 Å². The summed E-state index contributed by atoms with van der Waals surface area (Å²) in [5.74, 6) is 0.845. The Bertz CT molecular complexity index is 215. The Hall–Kier alpha value is -0.120. The summed E-state index contributed by atoms with van der Waals surface area (Å²) in [6.07, 6.45) is 5.46. The summed E-state index contributed by atoms with van der Waals surface area (Å²) in [5.41, 5.74) is 6.29. The predicted octanol–water partition coefficient (Wildman–Crippen LogP) is 0.162. The summed E-state index contributed by atoms with van der Waals surface area (Å²) in [6.45, 7) is 4.63. The molecule has 14 heavy (non-hydrogen) atoms. The normalized spacial score (nSPS) is 46.9. The number of hydrogen-bond acceptors (Lipinski definition) is 3. The smallest absolute Gasteiger partial charge is 0.0464 e. The number of rotatable bonds is 3. The zero-order chi connectivity index (χ0) is 9.60. The van der Waals surface area contributed by atoms with Crippen LogP contribution in [0.3, 0.4) is 0 Å². The Morgan fingerprint density at radius 1 is 1.21 bits per heavy atom. The van der Waals surface area contributed by atoms with Gasteiger partial charge in [0.25, 0.3) is 0 Å². The lowest BCUT2D eigenvalue weighted by atomic mass is 9.72. The zero-order valence-corrected chi connectivity index (χ0v) is 8.84. The van der Waals surface area contributed by atoms with Crippen LogP contribution in [0.25, 0.3) is 0 Å². The first-order valence-electron chi connectivity index (χ1n) is 6.02. The molecule has 80 valence electrons. The van der Waals surface area contributed by atoms with Gasteiger partial charge in [0.15, 0.2) is 0 Å². The summed E-state index contributed by atoms with van der Waals surface area (Å²) in [4.78, 5) is 2.59. The van der Waals surface area contributed by atoms with Crippen LogP contribution in [0.2, 0.25) is 0 Å². The van der Waals surface area contributed by atoms with E-state index in [1.165, 1.54) is 45.3 Å². The van der Waals surface area contributed by atoms with Gasteiger partial charge < -0.3 is 16.0 Å². The second kappa shape index (κ2) is 3.19. The molecule has 4 aliphatic rings. The van der Waals surface area contributed by atoms with E-state index in [2.05, 4.69) is 10.2 Å². The number of piperidine rings is 3. The Labute approximate surface area is 86.0 Å². The molecule has 3 aliphatic heterocycles. The number of nitrogens with one attached hydrogen (secondary N) is 1. The third-order valence-corrected chi connectivity index (χ3v) is 4.31. The minimum absolute atomic E-state index is 0.275. The highest BCUT2D eigenvalue weighted by atomic mass is 15.2. The van der Waals surface area contributed by atoms with Gasteiger partial charge in [-0.2, -0.15) is 0 Å². The average Bonchev–Trinajstić information content (AvgIpc) is 3.03. The Balaban J connectivity index is 1.77. The second-order valence-electron chi connectivity index (χ2n) is 5.33. The van der Waals surface area contributed by atoms with E-state index in [0.29, 0.717) is 0 Å². The minimum atomic E-state index is 0.275. The summed E-state index contributed by atoms with van der Waals surface area (Å²) in [6, 6.07) is 0.791. The van der Waals surface area contributed by atoms with E-state index in [1.807, 2.05) is 0 Å². The molecule has 3 nitrogen and oxygen atoms in total. The topological polar surface area (TPSA) is 41.3 Å². The lowest BCUT2D eigenvalue weighted by Gasteiger charge is -2.53. The molecule has 0 aromatic carbocycles. The van der Waals surface area contributed by atoms with Gasteiger partial charge in [-0.3, -0.25) is 0 Å². The highest BCUT2D eigenvalue weighted by Crippen LogP contribution is 2.37. The van der Waals surface area contributed by atoms with Crippen molar-refractivity contribution in [3.05, 3.63) is 0 Å². The van der Waals surface area contributed by atoms with Gasteiger partial charge >= 0.3 is 0 Å². The van der Waals surface area contributed by atoms with E-state index in [0.717, 1.165) is 18.5 Å². The van der Waals surface area contributed by atoms with E-state index in [-0.39, 0.29) is 5.54 Å². The van der Waals surface area contributed by atoms with E-state index in [1.54, 1.807) is 0 Å².